The molecule has 2 rings (SSSR count). The summed E-state index contributed by atoms with van der Waals surface area (Å²) in [5, 5.41) is 0. The molecular weight excluding hydrogens is 224 g/mol. The highest BCUT2D eigenvalue weighted by atomic mass is 16.1. The lowest BCUT2D eigenvalue weighted by molar-refractivity contribution is 0.101. The number of piperazine rings is 1. The molecule has 1 fully saturated rings. The first kappa shape index (κ1) is 13.2. The molecule has 1 aliphatic heterocycles. The average molecular weight is 246 g/mol. The van der Waals surface area contributed by atoms with Crippen molar-refractivity contribution >= 4 is 5.78 Å². The molecule has 1 aromatic carbocycles. The first-order valence-electron chi connectivity index (χ1n) is 6.73. The Balaban J connectivity index is 1.88. The van der Waals surface area contributed by atoms with Crippen molar-refractivity contribution in [1.29, 1.82) is 0 Å². The van der Waals surface area contributed by atoms with Gasteiger partial charge in [-0.25, -0.2) is 0 Å². The molecule has 0 atom stereocenters. The molecule has 0 bridgehead atoms. The normalized spacial score (nSPS) is 17.9. The predicted molar refractivity (Wildman–Crippen MR) is 73.8 cm³/mol. The third-order valence-corrected chi connectivity index (χ3v) is 3.68. The summed E-state index contributed by atoms with van der Waals surface area (Å²) in [5.41, 5.74) is 2.10. The van der Waals surface area contributed by atoms with E-state index >= 15 is 0 Å². The van der Waals surface area contributed by atoms with Gasteiger partial charge in [0.25, 0.3) is 0 Å². The van der Waals surface area contributed by atoms with E-state index in [-0.39, 0.29) is 5.78 Å². The van der Waals surface area contributed by atoms with Gasteiger partial charge in [0.2, 0.25) is 0 Å². The molecule has 0 amide bonds. The van der Waals surface area contributed by atoms with E-state index in [1.165, 1.54) is 18.7 Å². The van der Waals surface area contributed by atoms with Gasteiger partial charge in [-0.15, -0.1) is 0 Å². The number of hydrogen-bond acceptors (Lipinski definition) is 3. The molecular formula is C15H22N2O. The summed E-state index contributed by atoms with van der Waals surface area (Å²) >= 11 is 0. The Bertz CT molecular complexity index is 391. The van der Waals surface area contributed by atoms with Crippen LogP contribution in [0.2, 0.25) is 0 Å². The Morgan fingerprint density at radius 1 is 1.06 bits per heavy atom. The van der Waals surface area contributed by atoms with Crippen molar-refractivity contribution in [3.8, 4) is 0 Å². The molecule has 98 valence electrons. The van der Waals surface area contributed by atoms with Crippen molar-refractivity contribution < 1.29 is 4.79 Å². The Morgan fingerprint density at radius 3 is 2.11 bits per heavy atom. The summed E-state index contributed by atoms with van der Waals surface area (Å²) in [6.45, 7) is 10.6. The number of hydrogen-bond donors (Lipinski definition) is 0. The van der Waals surface area contributed by atoms with Gasteiger partial charge < -0.3 is 4.90 Å². The summed E-state index contributed by atoms with van der Waals surface area (Å²) in [5.74, 6) is 0.137. The van der Waals surface area contributed by atoms with Crippen LogP contribution in [-0.4, -0.2) is 48.3 Å². The lowest BCUT2D eigenvalue weighted by Gasteiger charge is -2.34. The van der Waals surface area contributed by atoms with Gasteiger partial charge in [-0.2, -0.15) is 0 Å². The molecule has 0 N–H and O–H groups in total. The lowest BCUT2D eigenvalue weighted by atomic mass is 10.1. The number of benzene rings is 1. The van der Waals surface area contributed by atoms with Crippen molar-refractivity contribution in [3.63, 3.8) is 0 Å². The summed E-state index contributed by atoms with van der Waals surface area (Å²) in [4.78, 5) is 16.2. The van der Waals surface area contributed by atoms with Crippen molar-refractivity contribution in [2.45, 2.75) is 20.4 Å². The monoisotopic (exact) mass is 246 g/mol. The standard InChI is InChI=1S/C15H22N2O/c1-3-16-8-10-17(11-9-16)12-14-4-6-15(7-5-14)13(2)18/h4-7H,3,8-12H2,1-2H3. The van der Waals surface area contributed by atoms with E-state index in [9.17, 15) is 4.79 Å². The summed E-state index contributed by atoms with van der Waals surface area (Å²) < 4.78 is 0. The van der Waals surface area contributed by atoms with Crippen LogP contribution in [0.1, 0.15) is 29.8 Å². The third kappa shape index (κ3) is 3.40. The molecule has 3 heteroatoms. The molecule has 0 spiro atoms. The molecule has 1 aliphatic rings. The van der Waals surface area contributed by atoms with E-state index < -0.39 is 0 Å². The van der Waals surface area contributed by atoms with Gasteiger partial charge in [0, 0.05) is 38.3 Å². The number of carbonyl (C=O) groups excluding carboxylic acids is 1. The molecule has 3 nitrogen and oxygen atoms in total. The molecule has 1 saturated heterocycles. The van der Waals surface area contributed by atoms with Gasteiger partial charge in [0.15, 0.2) is 5.78 Å². The van der Waals surface area contributed by atoms with E-state index in [0.717, 1.165) is 31.7 Å². The maximum absolute atomic E-state index is 11.2. The Labute approximate surface area is 109 Å². The second-order valence-corrected chi connectivity index (χ2v) is 4.96. The van der Waals surface area contributed by atoms with E-state index in [1.54, 1.807) is 6.92 Å². The number of carbonyl (C=O) groups is 1. The van der Waals surface area contributed by atoms with Crippen LogP contribution in [-0.2, 0) is 6.54 Å². The van der Waals surface area contributed by atoms with Crippen LogP contribution in [0.25, 0.3) is 0 Å². The smallest absolute Gasteiger partial charge is 0.159 e. The van der Waals surface area contributed by atoms with Crippen LogP contribution < -0.4 is 0 Å². The Hall–Kier alpha value is -1.19. The van der Waals surface area contributed by atoms with Gasteiger partial charge >= 0.3 is 0 Å². The molecule has 0 unspecified atom stereocenters. The fraction of sp³-hybridized carbons (Fsp3) is 0.533. The van der Waals surface area contributed by atoms with Crippen LogP contribution in [0.15, 0.2) is 24.3 Å². The Morgan fingerprint density at radius 2 is 1.61 bits per heavy atom. The first-order valence-corrected chi connectivity index (χ1v) is 6.73. The molecule has 1 heterocycles. The van der Waals surface area contributed by atoms with Crippen molar-refractivity contribution in [2.75, 3.05) is 32.7 Å². The number of nitrogens with zero attached hydrogens (tertiary/aromatic N) is 2. The summed E-state index contributed by atoms with van der Waals surface area (Å²) in [6.07, 6.45) is 0. The number of ketones is 1. The number of likely N-dealkylation sites (N-methyl/N-ethyl adjacent to an activating group) is 1. The van der Waals surface area contributed by atoms with Crippen molar-refractivity contribution in [2.24, 2.45) is 0 Å². The van der Waals surface area contributed by atoms with Crippen LogP contribution in [0.5, 0.6) is 0 Å². The van der Waals surface area contributed by atoms with Crippen LogP contribution in [0.3, 0.4) is 0 Å². The van der Waals surface area contributed by atoms with Crippen molar-refractivity contribution in [1.82, 2.24) is 9.80 Å². The highest BCUT2D eigenvalue weighted by Crippen LogP contribution is 2.10. The fourth-order valence-corrected chi connectivity index (χ4v) is 2.37. The predicted octanol–water partition coefficient (Wildman–Crippen LogP) is 2.03. The molecule has 1 aromatic rings. The van der Waals surface area contributed by atoms with Crippen LogP contribution >= 0.6 is 0 Å². The minimum atomic E-state index is 0.137. The quantitative estimate of drug-likeness (QED) is 0.759. The lowest BCUT2D eigenvalue weighted by Crippen LogP contribution is -2.45. The topological polar surface area (TPSA) is 23.6 Å². The first-order chi connectivity index (χ1) is 8.69. The van der Waals surface area contributed by atoms with Crippen LogP contribution in [0.4, 0.5) is 0 Å². The zero-order valence-corrected chi connectivity index (χ0v) is 11.4. The van der Waals surface area contributed by atoms with E-state index in [0.29, 0.717) is 0 Å². The zero-order chi connectivity index (χ0) is 13.0. The minimum absolute atomic E-state index is 0.137. The highest BCUT2D eigenvalue weighted by Gasteiger charge is 2.15. The zero-order valence-electron chi connectivity index (χ0n) is 11.4. The molecule has 0 saturated carbocycles. The van der Waals surface area contributed by atoms with Gasteiger partial charge in [-0.1, -0.05) is 31.2 Å². The summed E-state index contributed by atoms with van der Waals surface area (Å²) in [7, 11) is 0. The van der Waals surface area contributed by atoms with Crippen molar-refractivity contribution in [3.05, 3.63) is 35.4 Å². The number of Topliss-reactive ketones (excluding diaryl/α,β-unsaturated/α-hetero) is 1. The van der Waals surface area contributed by atoms with E-state index in [2.05, 4.69) is 28.9 Å². The van der Waals surface area contributed by atoms with E-state index in [1.807, 2.05) is 12.1 Å². The molecule has 0 aromatic heterocycles. The van der Waals surface area contributed by atoms with Gasteiger partial charge in [-0.05, 0) is 19.0 Å². The van der Waals surface area contributed by atoms with Gasteiger partial charge in [0.05, 0.1) is 0 Å². The second-order valence-electron chi connectivity index (χ2n) is 4.96. The van der Waals surface area contributed by atoms with Crippen LogP contribution in [0, 0.1) is 0 Å². The van der Waals surface area contributed by atoms with Gasteiger partial charge in [-0.3, -0.25) is 9.69 Å². The number of rotatable bonds is 4. The fourth-order valence-electron chi connectivity index (χ4n) is 2.37. The minimum Gasteiger partial charge on any atom is -0.301 e. The SMILES string of the molecule is CCN1CCN(Cc2ccc(C(C)=O)cc2)CC1. The third-order valence-electron chi connectivity index (χ3n) is 3.68. The maximum atomic E-state index is 11.2. The average Bonchev–Trinajstić information content (AvgIpc) is 2.40. The molecule has 0 radical (unpaired) electrons. The highest BCUT2D eigenvalue weighted by molar-refractivity contribution is 5.93. The largest absolute Gasteiger partial charge is 0.301 e. The molecule has 0 aliphatic carbocycles. The Kier molecular flexibility index (Phi) is 4.50. The second kappa shape index (κ2) is 6.12. The maximum Gasteiger partial charge on any atom is 0.159 e. The molecule has 18 heavy (non-hydrogen) atoms. The summed E-state index contributed by atoms with van der Waals surface area (Å²) in [6, 6.07) is 8.01. The van der Waals surface area contributed by atoms with E-state index in [4.69, 9.17) is 0 Å². The van der Waals surface area contributed by atoms with Gasteiger partial charge in [0.1, 0.15) is 0 Å².